The van der Waals surface area contributed by atoms with Crippen molar-refractivity contribution in [2.75, 3.05) is 13.6 Å². The number of hydrazine groups is 1. The number of hydrogen-bond donors (Lipinski definition) is 2. The number of phenols is 1. The number of carbonyl (C=O) groups is 3. The lowest BCUT2D eigenvalue weighted by atomic mass is 9.94. The van der Waals surface area contributed by atoms with Crippen LogP contribution < -0.4 is 5.32 Å². The number of fused-ring (bicyclic) bond motifs is 2. The summed E-state index contributed by atoms with van der Waals surface area (Å²) in [5.74, 6) is -0.331. The van der Waals surface area contributed by atoms with E-state index in [-0.39, 0.29) is 43.1 Å². The van der Waals surface area contributed by atoms with Crippen LogP contribution in [0.1, 0.15) is 23.6 Å². The average molecular weight is 586 g/mol. The molecule has 6 rings (SSSR count). The minimum absolute atomic E-state index is 0.0505. The van der Waals surface area contributed by atoms with Gasteiger partial charge in [-0.15, -0.1) is 0 Å². The lowest BCUT2D eigenvalue weighted by Gasteiger charge is -2.57. The van der Waals surface area contributed by atoms with Gasteiger partial charge in [-0.1, -0.05) is 54.6 Å². The van der Waals surface area contributed by atoms with Crippen molar-refractivity contribution in [1.82, 2.24) is 33.9 Å². The van der Waals surface area contributed by atoms with Gasteiger partial charge < -0.3 is 20.2 Å². The number of amides is 4. The normalized spacial score (nSPS) is 21.1. The zero-order valence-corrected chi connectivity index (χ0v) is 24.1. The van der Waals surface area contributed by atoms with Crippen LogP contribution in [-0.2, 0) is 29.1 Å². The Balaban J connectivity index is 1.37. The molecule has 3 atom stereocenters. The molecule has 2 aliphatic heterocycles. The van der Waals surface area contributed by atoms with E-state index >= 15 is 0 Å². The summed E-state index contributed by atoms with van der Waals surface area (Å²) >= 11 is 1.12. The molecule has 3 heterocycles. The Morgan fingerprint density at radius 3 is 2.52 bits per heavy atom. The quantitative estimate of drug-likeness (QED) is 0.357. The summed E-state index contributed by atoms with van der Waals surface area (Å²) in [5.41, 5.74) is 4.06. The van der Waals surface area contributed by atoms with E-state index in [2.05, 4.69) is 14.1 Å². The number of aromatic nitrogens is 2. The van der Waals surface area contributed by atoms with E-state index in [1.54, 1.807) is 51.1 Å². The number of benzene rings is 3. The highest BCUT2D eigenvalue weighted by Gasteiger charge is 2.54. The van der Waals surface area contributed by atoms with Crippen molar-refractivity contribution in [1.29, 1.82) is 0 Å². The summed E-state index contributed by atoms with van der Waals surface area (Å²) in [6.45, 7) is 2.38. The summed E-state index contributed by atoms with van der Waals surface area (Å²) in [6.07, 6.45) is -0.518. The number of hydrogen-bond acceptors (Lipinski definition) is 8. The second-order valence-electron chi connectivity index (χ2n) is 10.7. The van der Waals surface area contributed by atoms with E-state index < -0.39 is 18.2 Å². The average Bonchev–Trinajstić information content (AvgIpc) is 3.48. The number of urea groups is 1. The molecule has 2 fully saturated rings. The maximum absolute atomic E-state index is 14.3. The first-order chi connectivity index (χ1) is 20.3. The van der Waals surface area contributed by atoms with Crippen molar-refractivity contribution in [3.63, 3.8) is 0 Å². The molecule has 1 unspecified atom stereocenters. The van der Waals surface area contributed by atoms with E-state index in [4.69, 9.17) is 0 Å². The Labute approximate surface area is 247 Å². The van der Waals surface area contributed by atoms with Gasteiger partial charge in [-0.3, -0.25) is 9.59 Å². The van der Waals surface area contributed by atoms with Gasteiger partial charge in [0.1, 0.15) is 29.0 Å². The zero-order chi connectivity index (χ0) is 29.4. The first kappa shape index (κ1) is 27.6. The van der Waals surface area contributed by atoms with Gasteiger partial charge in [0.25, 0.3) is 0 Å². The van der Waals surface area contributed by atoms with Crippen molar-refractivity contribution in [2.24, 2.45) is 0 Å². The van der Waals surface area contributed by atoms with Crippen molar-refractivity contribution in [3.05, 3.63) is 89.5 Å². The van der Waals surface area contributed by atoms with E-state index in [9.17, 15) is 19.5 Å². The Hall–Kier alpha value is -4.55. The molecule has 2 aliphatic rings. The number of phenolic OH excluding ortho intramolecular Hbond substituents is 1. The maximum Gasteiger partial charge on any atom is 0.334 e. The lowest BCUT2D eigenvalue weighted by Crippen LogP contribution is -2.78. The molecule has 42 heavy (non-hydrogen) atoms. The van der Waals surface area contributed by atoms with Crippen LogP contribution in [0, 0.1) is 0 Å². The number of aromatic hydroxyl groups is 1. The van der Waals surface area contributed by atoms with Gasteiger partial charge in [0.2, 0.25) is 11.8 Å². The second-order valence-corrected chi connectivity index (χ2v) is 11.2. The molecule has 0 bridgehead atoms. The van der Waals surface area contributed by atoms with Gasteiger partial charge in [-0.05, 0) is 36.2 Å². The zero-order valence-electron chi connectivity index (χ0n) is 23.3. The Morgan fingerprint density at radius 2 is 1.76 bits per heavy atom. The van der Waals surface area contributed by atoms with E-state index in [0.717, 1.165) is 39.5 Å². The molecule has 0 saturated carbocycles. The SMILES string of the molecule is C[C@H]1C2N(C(=O)CN(C)N2C(=O)NCc2ccccc2)[C@@H](Cc2ccc(O)cc2)C(=O)N1Cc1cccc2nsnc12. The Morgan fingerprint density at radius 1 is 1.00 bits per heavy atom. The van der Waals surface area contributed by atoms with Gasteiger partial charge in [0.15, 0.2) is 0 Å². The smallest absolute Gasteiger partial charge is 0.334 e. The fourth-order valence-corrected chi connectivity index (χ4v) is 6.42. The molecule has 0 aliphatic carbocycles. The Bertz CT molecular complexity index is 1610. The number of rotatable bonds is 6. The van der Waals surface area contributed by atoms with E-state index in [1.807, 2.05) is 55.5 Å². The number of piperazine rings is 1. The molecule has 2 saturated heterocycles. The van der Waals surface area contributed by atoms with E-state index in [1.165, 1.54) is 0 Å². The fourth-order valence-electron chi connectivity index (χ4n) is 5.85. The topological polar surface area (TPSA) is 122 Å². The van der Waals surface area contributed by atoms with Gasteiger partial charge in [-0.2, -0.15) is 8.75 Å². The lowest BCUT2D eigenvalue weighted by molar-refractivity contribution is -0.196. The molecule has 2 N–H and O–H groups in total. The van der Waals surface area contributed by atoms with Crippen molar-refractivity contribution in [3.8, 4) is 5.75 Å². The molecule has 0 spiro atoms. The predicted molar refractivity (Wildman–Crippen MR) is 157 cm³/mol. The third-order valence-electron chi connectivity index (χ3n) is 7.95. The van der Waals surface area contributed by atoms with Gasteiger partial charge >= 0.3 is 6.03 Å². The molecular weight excluding hydrogens is 554 g/mol. The van der Waals surface area contributed by atoms with Crippen LogP contribution in [0.25, 0.3) is 11.0 Å². The molecule has 216 valence electrons. The molecule has 0 radical (unpaired) electrons. The summed E-state index contributed by atoms with van der Waals surface area (Å²) in [5, 5.41) is 16.0. The molecule has 4 amide bonds. The van der Waals surface area contributed by atoms with Gasteiger partial charge in [0, 0.05) is 32.1 Å². The van der Waals surface area contributed by atoms with Crippen LogP contribution in [0.3, 0.4) is 0 Å². The molecular formula is C30H31N7O4S. The minimum Gasteiger partial charge on any atom is -0.508 e. The summed E-state index contributed by atoms with van der Waals surface area (Å²) in [4.78, 5) is 45.0. The molecule has 3 aromatic carbocycles. The van der Waals surface area contributed by atoms with Crippen LogP contribution in [0.5, 0.6) is 5.75 Å². The van der Waals surface area contributed by atoms with Gasteiger partial charge in [-0.25, -0.2) is 14.8 Å². The highest BCUT2D eigenvalue weighted by Crippen LogP contribution is 2.33. The van der Waals surface area contributed by atoms with Crippen LogP contribution in [0.15, 0.2) is 72.8 Å². The number of nitrogens with one attached hydrogen (secondary N) is 1. The third kappa shape index (κ3) is 5.14. The first-order valence-electron chi connectivity index (χ1n) is 13.7. The van der Waals surface area contributed by atoms with Crippen LogP contribution >= 0.6 is 11.7 Å². The Kier molecular flexibility index (Phi) is 7.48. The highest BCUT2D eigenvalue weighted by atomic mass is 32.1. The predicted octanol–water partition coefficient (Wildman–Crippen LogP) is 2.97. The molecule has 12 heteroatoms. The summed E-state index contributed by atoms with van der Waals surface area (Å²) in [7, 11) is 1.71. The van der Waals surface area contributed by atoms with Gasteiger partial charge in [0.05, 0.1) is 24.3 Å². The number of nitrogens with zero attached hydrogens (tertiary/aromatic N) is 6. The molecule has 1 aromatic heterocycles. The fraction of sp³-hybridized carbons (Fsp3) is 0.300. The molecule has 4 aromatic rings. The standard InChI is InChI=1S/C30H31N7O4S/c1-19-28-36(26(39)18-34(2)37(28)30(41)31-16-21-7-4-3-5-8-21)25(15-20-11-13-23(38)14-12-20)29(40)35(19)17-22-9-6-10-24-27(22)33-42-32-24/h3-14,19,25,28,38H,15-18H2,1-2H3,(H,31,41)/t19-,25-,28?/m0/s1. The maximum atomic E-state index is 14.3. The second kappa shape index (κ2) is 11.4. The molecule has 11 nitrogen and oxygen atoms in total. The van der Waals surface area contributed by atoms with Crippen LogP contribution in [0.4, 0.5) is 4.79 Å². The third-order valence-corrected chi connectivity index (χ3v) is 8.50. The largest absolute Gasteiger partial charge is 0.508 e. The summed E-state index contributed by atoms with van der Waals surface area (Å²) in [6, 6.07) is 20.2. The van der Waals surface area contributed by atoms with Crippen molar-refractivity contribution < 1.29 is 19.5 Å². The van der Waals surface area contributed by atoms with Crippen molar-refractivity contribution >= 4 is 40.6 Å². The monoisotopic (exact) mass is 585 g/mol. The highest BCUT2D eigenvalue weighted by molar-refractivity contribution is 7.00. The van der Waals surface area contributed by atoms with Crippen molar-refractivity contribution in [2.45, 2.75) is 44.7 Å². The minimum atomic E-state index is -0.853. The van der Waals surface area contributed by atoms with Crippen LogP contribution in [-0.4, -0.2) is 83.4 Å². The van der Waals surface area contributed by atoms with Crippen LogP contribution in [0.2, 0.25) is 0 Å². The first-order valence-corrected chi connectivity index (χ1v) is 14.5. The number of carbonyl (C=O) groups excluding carboxylic acids is 3. The van der Waals surface area contributed by atoms with E-state index in [0.29, 0.717) is 6.54 Å². The summed E-state index contributed by atoms with van der Waals surface area (Å²) < 4.78 is 8.79. The number of likely N-dealkylation sites (N-methyl/N-ethyl adjacent to an activating group) is 1.